The molecule has 2 aliphatic heterocycles. The van der Waals surface area contributed by atoms with E-state index in [1.165, 1.54) is 32.1 Å². The molecule has 6 heteroatoms. The van der Waals surface area contributed by atoms with Crippen LogP contribution in [0.1, 0.15) is 56.9 Å². The van der Waals surface area contributed by atoms with Crippen LogP contribution in [0, 0.1) is 5.92 Å². The lowest BCUT2D eigenvalue weighted by Gasteiger charge is -2.39. The number of fused-ring (bicyclic) bond motifs is 1. The van der Waals surface area contributed by atoms with Gasteiger partial charge in [0, 0.05) is 32.6 Å². The second-order valence-corrected chi connectivity index (χ2v) is 9.00. The van der Waals surface area contributed by atoms with Crippen LogP contribution < -0.4 is 0 Å². The molecule has 3 aliphatic rings. The van der Waals surface area contributed by atoms with Crippen molar-refractivity contribution in [3.8, 4) is 0 Å². The average molecular weight is 412 g/mol. The molecule has 0 aromatic heterocycles. The van der Waals surface area contributed by atoms with Gasteiger partial charge in [-0.3, -0.25) is 14.4 Å². The Kier molecular flexibility index (Phi) is 6.70. The molecule has 0 N–H and O–H groups in total. The quantitative estimate of drug-likeness (QED) is 0.749. The molecule has 0 radical (unpaired) electrons. The van der Waals surface area contributed by atoms with E-state index in [9.17, 15) is 14.4 Å². The Morgan fingerprint density at radius 3 is 2.47 bits per heavy atom. The van der Waals surface area contributed by atoms with Crippen molar-refractivity contribution >= 4 is 17.7 Å². The Morgan fingerprint density at radius 2 is 1.70 bits per heavy atom. The van der Waals surface area contributed by atoms with E-state index >= 15 is 0 Å². The van der Waals surface area contributed by atoms with Crippen LogP contribution in [0.25, 0.3) is 0 Å². The Hall–Kier alpha value is -2.37. The first-order valence-corrected chi connectivity index (χ1v) is 11.5. The summed E-state index contributed by atoms with van der Waals surface area (Å²) >= 11 is 0. The molecule has 2 heterocycles. The van der Waals surface area contributed by atoms with Crippen molar-refractivity contribution in [3.63, 3.8) is 0 Å². The van der Waals surface area contributed by atoms with Crippen LogP contribution in [0.5, 0.6) is 0 Å². The summed E-state index contributed by atoms with van der Waals surface area (Å²) in [4.78, 5) is 43.9. The zero-order valence-corrected chi connectivity index (χ0v) is 17.8. The summed E-state index contributed by atoms with van der Waals surface area (Å²) in [6, 6.07) is 9.35. The second kappa shape index (κ2) is 9.63. The molecule has 1 atom stereocenters. The van der Waals surface area contributed by atoms with Crippen LogP contribution in [0.4, 0.5) is 0 Å². The monoisotopic (exact) mass is 411 g/mol. The van der Waals surface area contributed by atoms with E-state index in [4.69, 9.17) is 0 Å². The Bertz CT molecular complexity index is 760. The molecular weight excluding hydrogens is 378 g/mol. The number of nitrogens with zero attached hydrogens (tertiary/aromatic N) is 3. The topological polar surface area (TPSA) is 60.9 Å². The average Bonchev–Trinajstić information content (AvgIpc) is 3.01. The molecule has 1 aliphatic carbocycles. The van der Waals surface area contributed by atoms with E-state index in [0.717, 1.165) is 12.0 Å². The standard InChI is InChI=1S/C24H33N3O3/c28-22(12-11-19-7-3-1-4-8-19)25-14-13-21-24(30)26(17-20-9-5-2-6-10-20)18-23(29)27(21)16-15-25/h2,5-6,9-10,19,21H,1,3-4,7-8,11-18H2. The van der Waals surface area contributed by atoms with Gasteiger partial charge in [-0.2, -0.15) is 0 Å². The highest BCUT2D eigenvalue weighted by Gasteiger charge is 2.41. The van der Waals surface area contributed by atoms with Gasteiger partial charge in [0.25, 0.3) is 0 Å². The van der Waals surface area contributed by atoms with Crippen molar-refractivity contribution in [2.75, 3.05) is 26.2 Å². The molecule has 0 spiro atoms. The number of carbonyl (C=O) groups excluding carboxylic acids is 3. The third-order valence-electron chi connectivity index (χ3n) is 6.96. The summed E-state index contributed by atoms with van der Waals surface area (Å²) in [5, 5.41) is 0. The van der Waals surface area contributed by atoms with Crippen LogP contribution in [-0.2, 0) is 20.9 Å². The number of carbonyl (C=O) groups is 3. The largest absolute Gasteiger partial charge is 0.341 e. The summed E-state index contributed by atoms with van der Waals surface area (Å²) in [5.74, 6) is 0.874. The molecule has 1 unspecified atom stereocenters. The van der Waals surface area contributed by atoms with E-state index in [1.807, 2.05) is 35.2 Å². The highest BCUT2D eigenvalue weighted by atomic mass is 16.2. The van der Waals surface area contributed by atoms with Crippen LogP contribution in [0.15, 0.2) is 30.3 Å². The third kappa shape index (κ3) is 4.85. The minimum Gasteiger partial charge on any atom is -0.341 e. The molecule has 162 valence electrons. The van der Waals surface area contributed by atoms with Crippen molar-refractivity contribution in [2.45, 2.75) is 64.0 Å². The lowest BCUT2D eigenvalue weighted by Crippen LogP contribution is -2.59. The molecule has 4 rings (SSSR count). The lowest BCUT2D eigenvalue weighted by atomic mass is 9.86. The van der Waals surface area contributed by atoms with Crippen molar-refractivity contribution in [1.29, 1.82) is 0 Å². The Morgan fingerprint density at radius 1 is 0.933 bits per heavy atom. The first kappa shape index (κ1) is 20.9. The Labute approximate surface area is 179 Å². The molecule has 1 aromatic rings. The molecule has 6 nitrogen and oxygen atoms in total. The number of benzene rings is 1. The molecule has 3 fully saturated rings. The van der Waals surface area contributed by atoms with Gasteiger partial charge in [0.2, 0.25) is 17.7 Å². The minimum absolute atomic E-state index is 0.00737. The highest BCUT2D eigenvalue weighted by Crippen LogP contribution is 2.28. The van der Waals surface area contributed by atoms with Gasteiger partial charge in [0.05, 0.1) is 0 Å². The molecule has 3 amide bonds. The van der Waals surface area contributed by atoms with E-state index in [0.29, 0.717) is 44.9 Å². The summed E-state index contributed by atoms with van der Waals surface area (Å²) in [6.07, 6.45) is 8.53. The highest BCUT2D eigenvalue weighted by molar-refractivity contribution is 5.95. The fourth-order valence-electron chi connectivity index (χ4n) is 5.18. The maximum Gasteiger partial charge on any atom is 0.246 e. The predicted octanol–water partition coefficient (Wildman–Crippen LogP) is 2.82. The second-order valence-electron chi connectivity index (χ2n) is 9.00. The smallest absolute Gasteiger partial charge is 0.246 e. The van der Waals surface area contributed by atoms with Crippen molar-refractivity contribution in [3.05, 3.63) is 35.9 Å². The van der Waals surface area contributed by atoms with Crippen LogP contribution in [0.2, 0.25) is 0 Å². The number of piperazine rings is 1. The Balaban J connectivity index is 1.34. The van der Waals surface area contributed by atoms with Gasteiger partial charge in [0.1, 0.15) is 12.6 Å². The van der Waals surface area contributed by atoms with Gasteiger partial charge in [0.15, 0.2) is 0 Å². The number of amides is 3. The first-order valence-electron chi connectivity index (χ1n) is 11.5. The zero-order valence-electron chi connectivity index (χ0n) is 17.8. The van der Waals surface area contributed by atoms with Crippen molar-refractivity contribution in [2.24, 2.45) is 5.92 Å². The van der Waals surface area contributed by atoms with Gasteiger partial charge < -0.3 is 14.7 Å². The molecule has 0 bridgehead atoms. The van der Waals surface area contributed by atoms with Crippen LogP contribution >= 0.6 is 0 Å². The van der Waals surface area contributed by atoms with Crippen molar-refractivity contribution < 1.29 is 14.4 Å². The van der Waals surface area contributed by atoms with Crippen molar-refractivity contribution in [1.82, 2.24) is 14.7 Å². The fraction of sp³-hybridized carbons (Fsp3) is 0.625. The third-order valence-corrected chi connectivity index (χ3v) is 6.96. The summed E-state index contributed by atoms with van der Waals surface area (Å²) in [5.41, 5.74) is 1.03. The van der Waals surface area contributed by atoms with Gasteiger partial charge >= 0.3 is 0 Å². The lowest BCUT2D eigenvalue weighted by molar-refractivity contribution is -0.156. The number of hydrogen-bond acceptors (Lipinski definition) is 3. The maximum absolute atomic E-state index is 13.1. The zero-order chi connectivity index (χ0) is 20.9. The number of rotatable bonds is 5. The van der Waals surface area contributed by atoms with E-state index in [-0.39, 0.29) is 24.3 Å². The molecular formula is C24H33N3O3. The van der Waals surface area contributed by atoms with E-state index in [2.05, 4.69) is 0 Å². The van der Waals surface area contributed by atoms with Crippen LogP contribution in [0.3, 0.4) is 0 Å². The summed E-state index contributed by atoms with van der Waals surface area (Å²) in [7, 11) is 0. The maximum atomic E-state index is 13.1. The van der Waals surface area contributed by atoms with Gasteiger partial charge in [-0.25, -0.2) is 0 Å². The van der Waals surface area contributed by atoms with E-state index in [1.54, 1.807) is 9.80 Å². The van der Waals surface area contributed by atoms with Gasteiger partial charge in [-0.05, 0) is 24.3 Å². The SMILES string of the molecule is O=C(CCC1CCCCC1)N1CCC2C(=O)N(Cc3ccccc3)CC(=O)N2CC1. The number of hydrogen-bond donors (Lipinski definition) is 0. The molecule has 1 aromatic carbocycles. The van der Waals surface area contributed by atoms with Gasteiger partial charge in [-0.15, -0.1) is 0 Å². The minimum atomic E-state index is -0.439. The van der Waals surface area contributed by atoms with Crippen LogP contribution in [-0.4, -0.2) is 64.6 Å². The van der Waals surface area contributed by atoms with Gasteiger partial charge in [-0.1, -0.05) is 62.4 Å². The summed E-state index contributed by atoms with van der Waals surface area (Å²) in [6.45, 7) is 2.14. The fourth-order valence-corrected chi connectivity index (χ4v) is 5.18. The molecule has 1 saturated carbocycles. The normalized spacial score (nSPS) is 23.3. The summed E-state index contributed by atoms with van der Waals surface area (Å²) < 4.78 is 0. The molecule has 30 heavy (non-hydrogen) atoms. The van der Waals surface area contributed by atoms with E-state index < -0.39 is 6.04 Å². The first-order chi connectivity index (χ1) is 14.6. The predicted molar refractivity (Wildman–Crippen MR) is 114 cm³/mol. The molecule has 2 saturated heterocycles.